The van der Waals surface area contributed by atoms with E-state index in [1.807, 2.05) is 4.72 Å². The summed E-state index contributed by atoms with van der Waals surface area (Å²) in [5, 5.41) is 8.84. The fraction of sp³-hybridized carbons (Fsp3) is 0.900. The Labute approximate surface area is 115 Å². The summed E-state index contributed by atoms with van der Waals surface area (Å²) in [5.41, 5.74) is 0. The third-order valence-electron chi connectivity index (χ3n) is 2.33. The van der Waals surface area contributed by atoms with Gasteiger partial charge >= 0.3 is 12.1 Å². The largest absolute Gasteiger partial charge is 0.480 e. The van der Waals surface area contributed by atoms with Gasteiger partial charge in [-0.1, -0.05) is 0 Å². The minimum absolute atomic E-state index is 0.00166. The molecule has 0 saturated carbocycles. The first kappa shape index (κ1) is 19.1. The van der Waals surface area contributed by atoms with Crippen LogP contribution in [0.3, 0.4) is 0 Å². The van der Waals surface area contributed by atoms with Gasteiger partial charge in [0.25, 0.3) is 0 Å². The van der Waals surface area contributed by atoms with Crippen LogP contribution in [0, 0.1) is 0 Å². The summed E-state index contributed by atoms with van der Waals surface area (Å²) in [7, 11) is -2.64. The van der Waals surface area contributed by atoms with E-state index in [-0.39, 0.29) is 13.0 Å². The van der Waals surface area contributed by atoms with Crippen molar-refractivity contribution < 1.29 is 36.2 Å². The molecule has 10 heteroatoms. The number of methoxy groups -OCH3 is 1. The molecule has 0 saturated heterocycles. The van der Waals surface area contributed by atoms with Crippen LogP contribution in [0.2, 0.25) is 0 Å². The second kappa shape index (κ2) is 8.42. The van der Waals surface area contributed by atoms with Crippen LogP contribution in [-0.4, -0.2) is 51.2 Å². The average molecular weight is 321 g/mol. The van der Waals surface area contributed by atoms with Crippen molar-refractivity contribution in [3.63, 3.8) is 0 Å². The number of ether oxygens (including phenoxy) is 1. The molecule has 1 unspecified atom stereocenters. The van der Waals surface area contributed by atoms with Crippen LogP contribution in [0.5, 0.6) is 0 Å². The maximum Gasteiger partial charge on any atom is 0.389 e. The number of sulfonamides is 1. The third-order valence-corrected chi connectivity index (χ3v) is 3.80. The third kappa shape index (κ3) is 9.98. The standard InChI is InChI=1S/C10H18F3NO5S/c1-19-6-2-4-8(9(15)16)14-20(17,18)7-3-5-10(11,12)13/h8,14H,2-7H2,1H3,(H,15,16). The highest BCUT2D eigenvalue weighted by molar-refractivity contribution is 7.89. The molecule has 0 bridgehead atoms. The first-order chi connectivity index (χ1) is 9.07. The SMILES string of the molecule is COCCCC(NS(=O)(=O)CCCC(F)(F)F)C(=O)O. The Morgan fingerprint density at radius 1 is 1.35 bits per heavy atom. The Hall–Kier alpha value is -0.870. The van der Waals surface area contributed by atoms with E-state index in [1.165, 1.54) is 7.11 Å². The van der Waals surface area contributed by atoms with E-state index in [4.69, 9.17) is 9.84 Å². The second-order valence-corrected chi connectivity index (χ2v) is 6.05. The minimum atomic E-state index is -4.43. The molecular formula is C10H18F3NO5S. The van der Waals surface area contributed by atoms with Gasteiger partial charge in [0.15, 0.2) is 0 Å². The Morgan fingerprint density at radius 2 is 1.95 bits per heavy atom. The van der Waals surface area contributed by atoms with Crippen molar-refractivity contribution in [2.75, 3.05) is 19.5 Å². The maximum atomic E-state index is 11.9. The molecule has 120 valence electrons. The number of hydrogen-bond donors (Lipinski definition) is 2. The lowest BCUT2D eigenvalue weighted by Gasteiger charge is -2.14. The molecule has 0 aromatic heterocycles. The highest BCUT2D eigenvalue weighted by atomic mass is 32.2. The van der Waals surface area contributed by atoms with Crippen LogP contribution >= 0.6 is 0 Å². The van der Waals surface area contributed by atoms with Gasteiger partial charge in [0.05, 0.1) is 5.75 Å². The van der Waals surface area contributed by atoms with E-state index >= 15 is 0 Å². The topological polar surface area (TPSA) is 92.7 Å². The van der Waals surface area contributed by atoms with Crippen LogP contribution in [0.25, 0.3) is 0 Å². The molecule has 0 aromatic carbocycles. The van der Waals surface area contributed by atoms with Gasteiger partial charge in [-0.15, -0.1) is 0 Å². The Balaban J connectivity index is 4.34. The summed E-state index contributed by atoms with van der Waals surface area (Å²) < 4.78 is 65.3. The van der Waals surface area contributed by atoms with E-state index in [0.717, 1.165) is 0 Å². The molecule has 0 aliphatic rings. The average Bonchev–Trinajstić information content (AvgIpc) is 2.25. The van der Waals surface area contributed by atoms with Gasteiger partial charge in [-0.25, -0.2) is 13.1 Å². The highest BCUT2D eigenvalue weighted by Gasteiger charge is 2.29. The van der Waals surface area contributed by atoms with Crippen molar-refractivity contribution in [1.29, 1.82) is 0 Å². The molecular weight excluding hydrogens is 303 g/mol. The summed E-state index contributed by atoms with van der Waals surface area (Å²) in [6.45, 7) is 0.263. The summed E-state index contributed by atoms with van der Waals surface area (Å²) in [6, 6.07) is -1.36. The van der Waals surface area contributed by atoms with Crippen molar-refractivity contribution in [3.8, 4) is 0 Å². The molecule has 0 aliphatic heterocycles. The van der Waals surface area contributed by atoms with Gasteiger partial charge in [0.2, 0.25) is 10.0 Å². The number of hydrogen-bond acceptors (Lipinski definition) is 4. The van der Waals surface area contributed by atoms with Crippen LogP contribution in [0.15, 0.2) is 0 Å². The van der Waals surface area contributed by atoms with E-state index in [9.17, 15) is 26.4 Å². The predicted octanol–water partition coefficient (Wildman–Crippen LogP) is 1.13. The quantitative estimate of drug-likeness (QED) is 0.588. The summed E-state index contributed by atoms with van der Waals surface area (Å²) in [6.07, 6.45) is -5.95. The number of aliphatic carboxylic acids is 1. The molecule has 0 heterocycles. The van der Waals surface area contributed by atoms with E-state index in [0.29, 0.717) is 6.42 Å². The van der Waals surface area contributed by atoms with Crippen molar-refractivity contribution in [1.82, 2.24) is 4.72 Å². The van der Waals surface area contributed by atoms with Gasteiger partial charge in [-0.3, -0.25) is 4.79 Å². The van der Waals surface area contributed by atoms with Crippen molar-refractivity contribution >= 4 is 16.0 Å². The normalized spacial score (nSPS) is 14.2. The van der Waals surface area contributed by atoms with Gasteiger partial charge in [0, 0.05) is 20.1 Å². The molecule has 0 aromatic rings. The zero-order valence-corrected chi connectivity index (χ0v) is 11.8. The number of halogens is 3. The summed E-state index contributed by atoms with van der Waals surface area (Å²) in [5.74, 6) is -2.14. The van der Waals surface area contributed by atoms with Crippen LogP contribution in [0.4, 0.5) is 13.2 Å². The predicted molar refractivity (Wildman–Crippen MR) is 64.7 cm³/mol. The molecule has 0 spiro atoms. The molecule has 0 fully saturated rings. The number of carboxylic acid groups (broad SMARTS) is 1. The number of alkyl halides is 3. The van der Waals surface area contributed by atoms with Crippen molar-refractivity contribution in [2.24, 2.45) is 0 Å². The smallest absolute Gasteiger partial charge is 0.389 e. The maximum absolute atomic E-state index is 11.9. The zero-order chi connectivity index (χ0) is 15.8. The summed E-state index contributed by atoms with van der Waals surface area (Å²) >= 11 is 0. The number of nitrogens with one attached hydrogen (secondary N) is 1. The number of rotatable bonds is 10. The highest BCUT2D eigenvalue weighted by Crippen LogP contribution is 2.21. The Morgan fingerprint density at radius 3 is 2.40 bits per heavy atom. The van der Waals surface area contributed by atoms with Crippen LogP contribution in [-0.2, 0) is 19.6 Å². The lowest BCUT2D eigenvalue weighted by Crippen LogP contribution is -2.42. The molecule has 0 radical (unpaired) electrons. The molecule has 2 N–H and O–H groups in total. The van der Waals surface area contributed by atoms with Gasteiger partial charge in [0.1, 0.15) is 6.04 Å². The van der Waals surface area contributed by atoms with Gasteiger partial charge in [-0.05, 0) is 19.3 Å². The van der Waals surface area contributed by atoms with Crippen LogP contribution < -0.4 is 4.72 Å². The zero-order valence-electron chi connectivity index (χ0n) is 10.9. The first-order valence-electron chi connectivity index (χ1n) is 5.86. The van der Waals surface area contributed by atoms with Crippen molar-refractivity contribution in [3.05, 3.63) is 0 Å². The Kier molecular flexibility index (Phi) is 8.06. The van der Waals surface area contributed by atoms with E-state index < -0.39 is 46.8 Å². The number of carboxylic acids is 1. The fourth-order valence-electron chi connectivity index (χ4n) is 1.40. The Bertz CT molecular complexity index is 396. The fourth-order valence-corrected chi connectivity index (χ4v) is 2.70. The molecule has 6 nitrogen and oxygen atoms in total. The minimum Gasteiger partial charge on any atom is -0.480 e. The van der Waals surface area contributed by atoms with Gasteiger partial charge in [-0.2, -0.15) is 13.2 Å². The monoisotopic (exact) mass is 321 g/mol. The molecule has 1 atom stereocenters. The van der Waals surface area contributed by atoms with Gasteiger partial charge < -0.3 is 9.84 Å². The number of carbonyl (C=O) groups is 1. The molecule has 20 heavy (non-hydrogen) atoms. The molecule has 0 aliphatic carbocycles. The molecule has 0 rings (SSSR count). The van der Waals surface area contributed by atoms with Crippen molar-refractivity contribution in [2.45, 2.75) is 37.9 Å². The molecule has 0 amide bonds. The summed E-state index contributed by atoms with van der Waals surface area (Å²) in [4.78, 5) is 10.9. The van der Waals surface area contributed by atoms with Crippen LogP contribution in [0.1, 0.15) is 25.7 Å². The first-order valence-corrected chi connectivity index (χ1v) is 7.51. The van der Waals surface area contributed by atoms with E-state index in [2.05, 4.69) is 0 Å². The van der Waals surface area contributed by atoms with E-state index in [1.54, 1.807) is 0 Å². The lowest BCUT2D eigenvalue weighted by atomic mass is 10.2. The lowest BCUT2D eigenvalue weighted by molar-refractivity contribution is -0.139. The second-order valence-electron chi connectivity index (χ2n) is 4.18.